The monoisotopic (exact) mass is 1150 g/mol. The predicted octanol–water partition coefficient (Wildman–Crippen LogP) is 7.16. The quantitative estimate of drug-likeness (QED) is 0.0465. The van der Waals surface area contributed by atoms with Crippen molar-refractivity contribution in [1.29, 1.82) is 10.5 Å². The van der Waals surface area contributed by atoms with Crippen LogP contribution in [0.25, 0.3) is 22.5 Å². The van der Waals surface area contributed by atoms with Gasteiger partial charge in [0.05, 0.1) is 0 Å². The largest absolute Gasteiger partial charge is 3.00 e. The van der Waals surface area contributed by atoms with E-state index in [1.165, 1.54) is 28.7 Å². The molecular weight excluding hydrogens is 1120 g/mol. The smallest absolute Gasteiger partial charge is 1.00 e. The number of halogens is 5. The third kappa shape index (κ3) is 24.5. The van der Waals surface area contributed by atoms with E-state index in [0.29, 0.717) is 11.4 Å². The molecule has 0 atom stereocenters. The number of aromatic nitrogens is 2. The Morgan fingerprint density at radius 3 is 1.13 bits per heavy atom. The predicted molar refractivity (Wildman–Crippen MR) is 198 cm³/mol. The molecule has 6 aromatic rings. The number of aliphatic imine (C=N–C) groups is 2. The van der Waals surface area contributed by atoms with Gasteiger partial charge in [0.2, 0.25) is 0 Å². The molecule has 0 spiro atoms. The van der Waals surface area contributed by atoms with Crippen molar-refractivity contribution in [2.75, 3.05) is 0 Å². The number of benzene rings is 4. The Morgan fingerprint density at radius 1 is 0.611 bits per heavy atom. The topological polar surface area (TPSA) is 98.1 Å². The van der Waals surface area contributed by atoms with Gasteiger partial charge in [-0.1, -0.05) is 106 Å². The van der Waals surface area contributed by atoms with Crippen LogP contribution in [0.1, 0.15) is 0 Å². The van der Waals surface area contributed by atoms with E-state index in [2.05, 4.69) is 66.9 Å². The molecule has 0 aliphatic rings. The van der Waals surface area contributed by atoms with Gasteiger partial charge in [0.15, 0.2) is 0 Å². The Labute approximate surface area is 374 Å². The first-order chi connectivity index (χ1) is 25.2. The number of thiocyanates is 2. The van der Waals surface area contributed by atoms with Gasteiger partial charge in [-0.05, 0) is 23.5 Å². The number of para-hydroxylation sites is 2. The second kappa shape index (κ2) is 36.2. The second-order valence-corrected chi connectivity index (χ2v) is 8.99. The molecule has 272 valence electrons. The van der Waals surface area contributed by atoms with E-state index in [1.807, 2.05) is 60.7 Å². The Bertz CT molecular complexity index is 1810. The van der Waals surface area contributed by atoms with E-state index in [4.69, 9.17) is 24.0 Å². The van der Waals surface area contributed by atoms with Crippen molar-refractivity contribution < 1.29 is 85.1 Å². The van der Waals surface area contributed by atoms with Crippen LogP contribution in [0.5, 0.6) is 0 Å². The number of rotatable bonds is 4. The minimum absolute atomic E-state index is 0. The first-order valence-corrected chi connectivity index (χ1v) is 17.7. The van der Waals surface area contributed by atoms with E-state index in [9.17, 15) is 17.6 Å². The SMILES string of the molecule is Fc1c[c-]c(-c2ccccn2)c(F)c1.Fc1c[c-]c(-c2ccccn2)c(F)c1.N#C[S-].N#C[S-].[CH-]=Nc1ccccc1.[CH-]=Nc1ccccc1.[Cl][Ir+2].[Ir+3].[Na+]. The number of nitriles is 2. The van der Waals surface area contributed by atoms with Gasteiger partial charge in [-0.2, -0.15) is 13.4 Å². The van der Waals surface area contributed by atoms with Gasteiger partial charge in [0, 0.05) is 35.7 Å². The molecule has 4 aromatic carbocycles. The molecule has 16 heteroatoms. The Morgan fingerprint density at radius 2 is 0.907 bits per heavy atom. The molecule has 2 aromatic heterocycles. The van der Waals surface area contributed by atoms with E-state index < -0.39 is 23.3 Å². The average Bonchev–Trinajstić information content (AvgIpc) is 3.18. The van der Waals surface area contributed by atoms with E-state index >= 15 is 0 Å². The van der Waals surface area contributed by atoms with Crippen LogP contribution >= 0.6 is 9.58 Å². The van der Waals surface area contributed by atoms with Crippen LogP contribution in [0.15, 0.2) is 144 Å². The van der Waals surface area contributed by atoms with Gasteiger partial charge in [0.25, 0.3) is 0 Å². The first-order valence-electron chi connectivity index (χ1n) is 13.9. The van der Waals surface area contributed by atoms with E-state index in [0.717, 1.165) is 35.6 Å². The van der Waals surface area contributed by atoms with Gasteiger partial charge in [-0.15, -0.1) is 48.5 Å². The van der Waals surface area contributed by atoms with Crippen molar-refractivity contribution in [3.8, 4) is 33.3 Å². The molecule has 0 N–H and O–H groups in total. The van der Waals surface area contributed by atoms with Crippen LogP contribution < -0.4 is 29.6 Å². The summed E-state index contributed by atoms with van der Waals surface area (Å²) in [5.74, 6) is -2.57. The summed E-state index contributed by atoms with van der Waals surface area (Å²) in [7, 11) is 4.64. The summed E-state index contributed by atoms with van der Waals surface area (Å²) < 4.78 is 51.6. The van der Waals surface area contributed by atoms with Crippen LogP contribution in [0.3, 0.4) is 0 Å². The molecule has 54 heavy (non-hydrogen) atoms. The van der Waals surface area contributed by atoms with Gasteiger partial charge < -0.3 is 45.2 Å². The molecule has 0 saturated heterocycles. The summed E-state index contributed by atoms with van der Waals surface area (Å²) in [5.41, 5.74) is 2.90. The molecule has 0 aliphatic carbocycles. The molecule has 0 unspecified atom stereocenters. The second-order valence-electron chi connectivity index (χ2n) is 8.62. The zero-order valence-electron chi connectivity index (χ0n) is 27.9. The Kier molecular flexibility index (Phi) is 36.6. The maximum atomic E-state index is 13.2. The van der Waals surface area contributed by atoms with Crippen LogP contribution in [0.4, 0.5) is 28.9 Å². The fourth-order valence-electron chi connectivity index (χ4n) is 3.33. The zero-order chi connectivity index (χ0) is 39.0. The van der Waals surface area contributed by atoms with Gasteiger partial charge in [0.1, 0.15) is 0 Å². The van der Waals surface area contributed by atoms with Crippen molar-refractivity contribution in [2.45, 2.75) is 0 Å². The zero-order valence-corrected chi connectivity index (χ0v) is 37.1. The standard InChI is InChI=1S/2C11H6F2N.2C7H6N.2CHNS.ClH.2Ir.Na/c2*12-8-4-5-9(10(13)7-8)11-3-1-2-6-14-11;2*1-8-7-5-3-2-4-6-7;2*2-1-3;;;;/h2*1-4,6-7H;2*1-6H;2*3H;1H;;;/q4*-1;;;;2*+3;+1/p-3. The molecule has 0 radical (unpaired) electrons. The molecular formula is C38H24ClF4Ir2N6NaS2. The fraction of sp³-hybridized carbons (Fsp3) is 0. The normalized spacial score (nSPS) is 8.15. The Hall–Kier alpha value is -3.75. The molecule has 0 bridgehead atoms. The van der Waals surface area contributed by atoms with E-state index in [1.54, 1.807) is 48.8 Å². The summed E-state index contributed by atoms with van der Waals surface area (Å²) in [4.78, 5) is 14.8. The summed E-state index contributed by atoms with van der Waals surface area (Å²) in [6, 6.07) is 37.9. The number of nitrogens with zero attached hydrogens (tertiary/aromatic N) is 6. The summed E-state index contributed by atoms with van der Waals surface area (Å²) >= 11 is 8.87. The van der Waals surface area contributed by atoms with Gasteiger partial charge in [-0.25, -0.2) is 10.5 Å². The minimum atomic E-state index is -0.649. The van der Waals surface area contributed by atoms with Crippen LogP contribution in [-0.2, 0) is 63.3 Å². The molecule has 0 fully saturated rings. The third-order valence-electron chi connectivity index (χ3n) is 5.37. The van der Waals surface area contributed by atoms with Crippen LogP contribution in [-0.4, -0.2) is 23.4 Å². The van der Waals surface area contributed by atoms with E-state index in [-0.39, 0.29) is 60.8 Å². The van der Waals surface area contributed by atoms with Gasteiger partial charge >= 0.3 is 77.1 Å². The van der Waals surface area contributed by atoms with Crippen LogP contribution in [0, 0.1) is 56.7 Å². The molecule has 0 saturated carbocycles. The molecule has 6 rings (SSSR count). The minimum Gasteiger partial charge on any atom is 1.00 e. The summed E-state index contributed by atoms with van der Waals surface area (Å²) in [6.45, 7) is 9.95. The van der Waals surface area contributed by atoms with Crippen molar-refractivity contribution in [3.05, 3.63) is 169 Å². The molecule has 0 aliphatic heterocycles. The number of hydrogen-bond donors (Lipinski definition) is 0. The average molecular weight is 1150 g/mol. The number of hydrogen-bond acceptors (Lipinski definition) is 8. The summed E-state index contributed by atoms with van der Waals surface area (Å²) in [5, 5.41) is 16.9. The molecule has 2 heterocycles. The summed E-state index contributed by atoms with van der Waals surface area (Å²) in [6.07, 6.45) is 3.10. The number of pyridine rings is 2. The first kappa shape index (κ1) is 54.6. The molecule has 0 amide bonds. The van der Waals surface area contributed by atoms with Gasteiger partial charge in [-0.3, -0.25) is 17.6 Å². The molecule has 6 nitrogen and oxygen atoms in total. The maximum Gasteiger partial charge on any atom is 3.00 e. The fourth-order valence-corrected chi connectivity index (χ4v) is 3.33. The maximum absolute atomic E-state index is 13.2. The van der Waals surface area contributed by atoms with Crippen molar-refractivity contribution >= 4 is 59.7 Å². The third-order valence-corrected chi connectivity index (χ3v) is 5.37. The van der Waals surface area contributed by atoms with Crippen molar-refractivity contribution in [3.63, 3.8) is 0 Å². The van der Waals surface area contributed by atoms with Crippen molar-refractivity contribution in [1.82, 2.24) is 9.97 Å². The Balaban J connectivity index is -0.000000610. The van der Waals surface area contributed by atoms with Crippen LogP contribution in [0.2, 0.25) is 0 Å². The van der Waals surface area contributed by atoms with Crippen molar-refractivity contribution in [2.24, 2.45) is 9.98 Å².